The summed E-state index contributed by atoms with van der Waals surface area (Å²) < 4.78 is 0. The minimum Gasteiger partial charge on any atom is -0.285 e. The molecule has 0 aromatic rings. The topological polar surface area (TPSA) is 34.1 Å². The fraction of sp³-hybridized carbons (Fsp3) is 0. The molecule has 114 valence electrons. The van der Waals surface area contributed by atoms with Gasteiger partial charge in [0.2, 0.25) is 11.6 Å². The number of carbonyl (C=O) groups excluding carboxylic acids is 2. The summed E-state index contributed by atoms with van der Waals surface area (Å²) in [6.07, 6.45) is 0. The van der Waals surface area contributed by atoms with Crippen LogP contribution in [0.1, 0.15) is 20.7 Å². The fourth-order valence-corrected chi connectivity index (χ4v) is 2.95. The van der Waals surface area contributed by atoms with E-state index in [0.717, 1.165) is 22.3 Å². The minimum absolute atomic E-state index is 0.442. The summed E-state index contributed by atoms with van der Waals surface area (Å²) in [6, 6.07) is 26.4. The Labute approximate surface area is 140 Å². The molecule has 2 nitrogen and oxygen atoms in total. The van der Waals surface area contributed by atoms with Gasteiger partial charge in [0.1, 0.15) is 0 Å². The van der Waals surface area contributed by atoms with Gasteiger partial charge in [-0.25, -0.2) is 0 Å². The van der Waals surface area contributed by atoms with Gasteiger partial charge in [-0.2, -0.15) is 0 Å². The van der Waals surface area contributed by atoms with E-state index in [1.807, 2.05) is 60.7 Å². The molecule has 0 spiro atoms. The molecule has 0 unspecified atom stereocenters. The molecule has 2 heteroatoms. The van der Waals surface area contributed by atoms with Crippen molar-refractivity contribution in [2.75, 3.05) is 0 Å². The standard InChI is InChI=1S/C22H14O2/c23-21(19-11-15-7-3-1-4-8-16(15)12-19)22(24)20-13-17-9-5-2-6-10-18(17)14-20/h1-14H. The fourth-order valence-electron chi connectivity index (χ4n) is 2.95. The number of hydrogen-bond acceptors (Lipinski definition) is 2. The zero-order valence-corrected chi connectivity index (χ0v) is 12.9. The van der Waals surface area contributed by atoms with Crippen LogP contribution in [0.3, 0.4) is 0 Å². The molecular weight excluding hydrogens is 296 g/mol. The first-order valence-electron chi connectivity index (χ1n) is 7.79. The third-order valence-corrected chi connectivity index (χ3v) is 4.19. The van der Waals surface area contributed by atoms with Crippen molar-refractivity contribution in [3.8, 4) is 22.3 Å². The first kappa shape index (κ1) is 14.3. The van der Waals surface area contributed by atoms with Crippen LogP contribution in [0.2, 0.25) is 0 Å². The van der Waals surface area contributed by atoms with Gasteiger partial charge in [-0.1, -0.05) is 60.7 Å². The van der Waals surface area contributed by atoms with Crippen LogP contribution in [0.25, 0.3) is 22.3 Å². The second-order valence-electron chi connectivity index (χ2n) is 5.79. The summed E-state index contributed by atoms with van der Waals surface area (Å²) in [5.74, 6) is -0.929. The summed E-state index contributed by atoms with van der Waals surface area (Å²) in [7, 11) is 0. The molecule has 0 aliphatic heterocycles. The maximum absolute atomic E-state index is 12.6. The van der Waals surface area contributed by atoms with Crippen LogP contribution in [0.5, 0.6) is 0 Å². The lowest BCUT2D eigenvalue weighted by Gasteiger charge is -1.94. The molecule has 24 heavy (non-hydrogen) atoms. The highest BCUT2D eigenvalue weighted by Gasteiger charge is 2.22. The van der Waals surface area contributed by atoms with E-state index in [0.29, 0.717) is 11.1 Å². The molecule has 0 bridgehead atoms. The lowest BCUT2D eigenvalue weighted by molar-refractivity contribution is 0.0817. The minimum atomic E-state index is -0.464. The molecule has 0 radical (unpaired) electrons. The van der Waals surface area contributed by atoms with Gasteiger partial charge >= 0.3 is 0 Å². The highest BCUT2D eigenvalue weighted by atomic mass is 16.2. The number of Topliss-reactive ketones (excluding diaryl/α,β-unsaturated/α-hetero) is 2. The second-order valence-corrected chi connectivity index (χ2v) is 5.79. The van der Waals surface area contributed by atoms with Gasteiger partial charge in [-0.05, 0) is 46.5 Å². The van der Waals surface area contributed by atoms with Crippen LogP contribution < -0.4 is 0 Å². The Morgan fingerprint density at radius 3 is 1.04 bits per heavy atom. The average molecular weight is 310 g/mol. The highest BCUT2D eigenvalue weighted by molar-refractivity contribution is 6.49. The second kappa shape index (κ2) is 5.74. The van der Waals surface area contributed by atoms with Crippen molar-refractivity contribution in [1.82, 2.24) is 0 Å². The van der Waals surface area contributed by atoms with Crippen molar-refractivity contribution < 1.29 is 9.59 Å². The van der Waals surface area contributed by atoms with Crippen LogP contribution in [-0.2, 0) is 0 Å². The highest BCUT2D eigenvalue weighted by Crippen LogP contribution is 2.28. The van der Waals surface area contributed by atoms with E-state index < -0.39 is 11.6 Å². The van der Waals surface area contributed by atoms with E-state index in [-0.39, 0.29) is 0 Å². The van der Waals surface area contributed by atoms with Gasteiger partial charge in [-0.15, -0.1) is 0 Å². The van der Waals surface area contributed by atoms with Crippen LogP contribution in [0.4, 0.5) is 0 Å². The van der Waals surface area contributed by atoms with Crippen molar-refractivity contribution >= 4 is 11.6 Å². The van der Waals surface area contributed by atoms with Crippen LogP contribution in [-0.4, -0.2) is 11.6 Å². The van der Waals surface area contributed by atoms with Crippen LogP contribution in [0.15, 0.2) is 84.9 Å². The van der Waals surface area contributed by atoms with Crippen molar-refractivity contribution in [1.29, 1.82) is 0 Å². The summed E-state index contributed by atoms with van der Waals surface area (Å²) in [5, 5.41) is 0. The third kappa shape index (κ3) is 2.48. The van der Waals surface area contributed by atoms with Crippen molar-refractivity contribution in [3.05, 3.63) is 96.1 Å². The lowest BCUT2D eigenvalue weighted by Crippen LogP contribution is -2.12. The Kier molecular flexibility index (Phi) is 3.43. The quantitative estimate of drug-likeness (QED) is 0.396. The van der Waals surface area contributed by atoms with Gasteiger partial charge in [0, 0.05) is 11.1 Å². The molecule has 4 rings (SSSR count). The molecule has 0 heterocycles. The number of rotatable bonds is 3. The Bertz CT molecular complexity index is 856. The molecule has 0 aromatic heterocycles. The molecule has 0 saturated heterocycles. The first-order chi connectivity index (χ1) is 11.7. The zero-order chi connectivity index (χ0) is 16.5. The Morgan fingerprint density at radius 2 is 0.750 bits per heavy atom. The van der Waals surface area contributed by atoms with E-state index >= 15 is 0 Å². The van der Waals surface area contributed by atoms with Crippen LogP contribution >= 0.6 is 0 Å². The monoisotopic (exact) mass is 310 g/mol. The van der Waals surface area contributed by atoms with E-state index in [4.69, 9.17) is 0 Å². The van der Waals surface area contributed by atoms with Gasteiger partial charge in [0.15, 0.2) is 0 Å². The van der Waals surface area contributed by atoms with Gasteiger partial charge in [0.05, 0.1) is 0 Å². The molecule has 0 fully saturated rings. The molecular formula is C22H14O2. The lowest BCUT2D eigenvalue weighted by atomic mass is 10.1. The average Bonchev–Trinajstić information content (AvgIpc) is 3.03. The maximum atomic E-state index is 12.6. The van der Waals surface area contributed by atoms with E-state index in [1.165, 1.54) is 0 Å². The van der Waals surface area contributed by atoms with Crippen LogP contribution in [0, 0.1) is 0 Å². The smallest absolute Gasteiger partial charge is 0.233 e. The van der Waals surface area contributed by atoms with E-state index in [9.17, 15) is 9.59 Å². The molecule has 0 N–H and O–H groups in total. The molecule has 4 aliphatic carbocycles. The Hall–Kier alpha value is -3.26. The van der Waals surface area contributed by atoms with E-state index in [2.05, 4.69) is 0 Å². The van der Waals surface area contributed by atoms with Crippen molar-refractivity contribution in [3.63, 3.8) is 0 Å². The van der Waals surface area contributed by atoms with Crippen molar-refractivity contribution in [2.45, 2.75) is 0 Å². The molecule has 4 aliphatic rings. The van der Waals surface area contributed by atoms with Crippen molar-refractivity contribution in [2.24, 2.45) is 0 Å². The third-order valence-electron chi connectivity index (χ3n) is 4.19. The predicted molar refractivity (Wildman–Crippen MR) is 94.8 cm³/mol. The number of ketones is 2. The Morgan fingerprint density at radius 1 is 0.458 bits per heavy atom. The zero-order valence-electron chi connectivity index (χ0n) is 12.9. The largest absolute Gasteiger partial charge is 0.285 e. The van der Waals surface area contributed by atoms with Gasteiger partial charge in [-0.3, -0.25) is 9.59 Å². The van der Waals surface area contributed by atoms with E-state index in [1.54, 1.807) is 24.3 Å². The molecule has 0 saturated carbocycles. The summed E-state index contributed by atoms with van der Waals surface area (Å²) in [4.78, 5) is 25.2. The normalized spacial score (nSPS) is 10.8. The summed E-state index contributed by atoms with van der Waals surface area (Å²) >= 11 is 0. The number of hydrogen-bond donors (Lipinski definition) is 0. The predicted octanol–water partition coefficient (Wildman–Crippen LogP) is 4.96. The number of fused-ring (bicyclic) bond motifs is 2. The van der Waals surface area contributed by atoms with Gasteiger partial charge < -0.3 is 0 Å². The Balaban J connectivity index is 1.72. The summed E-state index contributed by atoms with van der Waals surface area (Å²) in [5.41, 5.74) is 4.70. The molecule has 0 atom stereocenters. The van der Waals surface area contributed by atoms with Gasteiger partial charge in [0.25, 0.3) is 0 Å². The first-order valence-corrected chi connectivity index (χ1v) is 7.79. The summed E-state index contributed by atoms with van der Waals surface area (Å²) in [6.45, 7) is 0. The molecule has 0 amide bonds. The molecule has 0 aromatic carbocycles. The maximum Gasteiger partial charge on any atom is 0.233 e. The SMILES string of the molecule is O=C(C(=O)c1cc2cccccc-2c1)c1cc2cccccc-2c1. The number of carbonyl (C=O) groups is 2.